The molecule has 0 saturated heterocycles. The highest BCUT2D eigenvalue weighted by atomic mass is 16.5. The number of carboxylic acids is 1. The molecule has 3 rings (SSSR count). The largest absolute Gasteiger partial charge is 0.489 e. The van der Waals surface area contributed by atoms with Gasteiger partial charge >= 0.3 is 5.97 Å². The molecule has 3 aromatic carbocycles. The van der Waals surface area contributed by atoms with E-state index in [-0.39, 0.29) is 0 Å². The summed E-state index contributed by atoms with van der Waals surface area (Å²) in [6.07, 6.45) is -1.37. The van der Waals surface area contributed by atoms with Crippen LogP contribution >= 0.6 is 0 Å². The summed E-state index contributed by atoms with van der Waals surface area (Å²) in [7, 11) is 0. The van der Waals surface area contributed by atoms with E-state index < -0.39 is 17.7 Å². The first-order chi connectivity index (χ1) is 13.5. The Morgan fingerprint density at radius 2 is 1.46 bits per heavy atom. The Labute approximate surface area is 163 Å². The number of rotatable bonds is 8. The van der Waals surface area contributed by atoms with Crippen LogP contribution in [0.15, 0.2) is 84.9 Å². The minimum absolute atomic E-state index is 0.370. The van der Waals surface area contributed by atoms with Crippen molar-refractivity contribution in [3.63, 3.8) is 0 Å². The van der Waals surface area contributed by atoms with Crippen molar-refractivity contribution < 1.29 is 24.5 Å². The van der Waals surface area contributed by atoms with Crippen molar-refractivity contribution in [2.24, 2.45) is 0 Å². The minimum atomic E-state index is -1.84. The summed E-state index contributed by atoms with van der Waals surface area (Å²) in [6.45, 7) is 1.78. The van der Waals surface area contributed by atoms with Crippen molar-refractivity contribution in [3.8, 4) is 11.5 Å². The SMILES string of the molecule is CC(Oc1ccccc1)(C(=O)O)C(O)c1ccc(OCc2ccccc2)cc1. The molecule has 0 fully saturated rings. The van der Waals surface area contributed by atoms with Crippen molar-refractivity contribution in [2.45, 2.75) is 25.2 Å². The number of ether oxygens (including phenoxy) is 2. The third-order valence-electron chi connectivity index (χ3n) is 4.46. The molecule has 3 aromatic rings. The molecule has 2 atom stereocenters. The lowest BCUT2D eigenvalue weighted by molar-refractivity contribution is -0.164. The molecule has 0 aliphatic carbocycles. The monoisotopic (exact) mass is 378 g/mol. The molecule has 0 amide bonds. The summed E-state index contributed by atoms with van der Waals surface area (Å²) in [5.41, 5.74) is -0.373. The predicted molar refractivity (Wildman–Crippen MR) is 105 cm³/mol. The van der Waals surface area contributed by atoms with Crippen LogP contribution in [0.3, 0.4) is 0 Å². The lowest BCUT2D eigenvalue weighted by atomic mass is 9.92. The fraction of sp³-hybridized carbons (Fsp3) is 0.174. The molecular formula is C23H22O5. The van der Waals surface area contributed by atoms with Crippen LogP contribution in [-0.4, -0.2) is 21.8 Å². The number of carboxylic acid groups (broad SMARTS) is 1. The second-order valence-corrected chi connectivity index (χ2v) is 6.57. The normalized spacial score (nSPS) is 13.9. The third-order valence-corrected chi connectivity index (χ3v) is 4.46. The zero-order valence-corrected chi connectivity index (χ0v) is 15.5. The zero-order chi connectivity index (χ0) is 20.0. The topological polar surface area (TPSA) is 76.0 Å². The standard InChI is InChI=1S/C23H22O5/c1-23(22(25)26,28-20-10-6-3-7-11-20)21(24)18-12-14-19(15-13-18)27-16-17-8-4-2-5-9-17/h2-15,21,24H,16H2,1H3,(H,25,26). The number of benzene rings is 3. The highest BCUT2D eigenvalue weighted by Crippen LogP contribution is 2.32. The van der Waals surface area contributed by atoms with Gasteiger partial charge < -0.3 is 19.7 Å². The van der Waals surface area contributed by atoms with Gasteiger partial charge in [0.05, 0.1) is 0 Å². The quantitative estimate of drug-likeness (QED) is 0.614. The van der Waals surface area contributed by atoms with Crippen molar-refractivity contribution in [3.05, 3.63) is 96.1 Å². The maximum atomic E-state index is 11.9. The number of carbonyl (C=O) groups is 1. The maximum Gasteiger partial charge on any atom is 0.350 e. The van der Waals surface area contributed by atoms with E-state index in [4.69, 9.17) is 9.47 Å². The first-order valence-electron chi connectivity index (χ1n) is 8.91. The number of para-hydroxylation sites is 1. The van der Waals surface area contributed by atoms with Gasteiger partial charge in [-0.05, 0) is 42.3 Å². The molecule has 2 unspecified atom stereocenters. The molecule has 0 radical (unpaired) electrons. The summed E-state index contributed by atoms with van der Waals surface area (Å²) in [4.78, 5) is 11.9. The summed E-state index contributed by atoms with van der Waals surface area (Å²) in [5, 5.41) is 20.4. The van der Waals surface area contributed by atoms with Gasteiger partial charge in [-0.2, -0.15) is 0 Å². The van der Waals surface area contributed by atoms with E-state index in [1.54, 1.807) is 54.6 Å². The number of aliphatic hydroxyl groups excluding tert-OH is 1. The third kappa shape index (κ3) is 4.50. The van der Waals surface area contributed by atoms with Crippen LogP contribution in [0.4, 0.5) is 0 Å². The molecular weight excluding hydrogens is 356 g/mol. The van der Waals surface area contributed by atoms with Crippen LogP contribution in [0.5, 0.6) is 11.5 Å². The van der Waals surface area contributed by atoms with Gasteiger partial charge in [-0.1, -0.05) is 60.7 Å². The second kappa shape index (κ2) is 8.59. The number of aliphatic hydroxyl groups is 1. The Morgan fingerprint density at radius 1 is 0.893 bits per heavy atom. The highest BCUT2D eigenvalue weighted by Gasteiger charge is 2.44. The smallest absolute Gasteiger partial charge is 0.350 e. The van der Waals surface area contributed by atoms with Crippen molar-refractivity contribution in [1.82, 2.24) is 0 Å². The van der Waals surface area contributed by atoms with Crippen LogP contribution in [0, 0.1) is 0 Å². The summed E-state index contributed by atoms with van der Waals surface area (Å²) in [5.74, 6) is -0.261. The number of hydrogen-bond donors (Lipinski definition) is 2. The first kappa shape index (κ1) is 19.5. The van der Waals surface area contributed by atoms with E-state index in [9.17, 15) is 15.0 Å². The highest BCUT2D eigenvalue weighted by molar-refractivity contribution is 5.78. The summed E-state index contributed by atoms with van der Waals surface area (Å²) < 4.78 is 11.4. The Hall–Kier alpha value is -3.31. The van der Waals surface area contributed by atoms with Crippen molar-refractivity contribution in [1.29, 1.82) is 0 Å². The molecule has 144 valence electrons. The second-order valence-electron chi connectivity index (χ2n) is 6.57. The van der Waals surface area contributed by atoms with Gasteiger partial charge in [-0.15, -0.1) is 0 Å². The minimum Gasteiger partial charge on any atom is -0.489 e. The predicted octanol–water partition coefficient (Wildman–Crippen LogP) is 4.22. The lowest BCUT2D eigenvalue weighted by Gasteiger charge is -2.31. The molecule has 0 bridgehead atoms. The molecule has 0 aliphatic heterocycles. The van der Waals surface area contributed by atoms with E-state index in [1.165, 1.54) is 6.92 Å². The van der Waals surface area contributed by atoms with E-state index in [0.29, 0.717) is 23.7 Å². The Balaban J connectivity index is 1.72. The molecule has 0 aliphatic rings. The lowest BCUT2D eigenvalue weighted by Crippen LogP contribution is -2.47. The van der Waals surface area contributed by atoms with Gasteiger partial charge in [0.1, 0.15) is 24.2 Å². The van der Waals surface area contributed by atoms with E-state index in [0.717, 1.165) is 5.56 Å². The number of aliphatic carboxylic acids is 1. The Morgan fingerprint density at radius 3 is 2.04 bits per heavy atom. The van der Waals surface area contributed by atoms with Gasteiger partial charge in [0.25, 0.3) is 0 Å². The zero-order valence-electron chi connectivity index (χ0n) is 15.5. The van der Waals surface area contributed by atoms with Crippen LogP contribution in [-0.2, 0) is 11.4 Å². The molecule has 0 aromatic heterocycles. The van der Waals surface area contributed by atoms with E-state index in [1.807, 2.05) is 30.3 Å². The van der Waals surface area contributed by atoms with E-state index >= 15 is 0 Å². The van der Waals surface area contributed by atoms with Gasteiger partial charge in [0, 0.05) is 0 Å². The molecule has 28 heavy (non-hydrogen) atoms. The van der Waals surface area contributed by atoms with Gasteiger partial charge in [0.15, 0.2) is 0 Å². The molecule has 0 spiro atoms. The molecule has 5 nitrogen and oxygen atoms in total. The van der Waals surface area contributed by atoms with Gasteiger partial charge in [0.2, 0.25) is 5.60 Å². The van der Waals surface area contributed by atoms with Crippen LogP contribution < -0.4 is 9.47 Å². The molecule has 5 heteroatoms. The Bertz CT molecular complexity index is 893. The fourth-order valence-corrected chi connectivity index (χ4v) is 2.76. The Kier molecular flexibility index (Phi) is 5.96. The van der Waals surface area contributed by atoms with Crippen LogP contribution in [0.2, 0.25) is 0 Å². The molecule has 2 N–H and O–H groups in total. The average Bonchev–Trinajstić information content (AvgIpc) is 2.73. The summed E-state index contributed by atoms with van der Waals surface area (Å²) >= 11 is 0. The van der Waals surface area contributed by atoms with E-state index in [2.05, 4.69) is 0 Å². The van der Waals surface area contributed by atoms with Crippen LogP contribution in [0.1, 0.15) is 24.2 Å². The van der Waals surface area contributed by atoms with Gasteiger partial charge in [-0.3, -0.25) is 0 Å². The fourth-order valence-electron chi connectivity index (χ4n) is 2.76. The molecule has 0 saturated carbocycles. The summed E-state index contributed by atoms with van der Waals surface area (Å²) in [6, 6.07) is 25.0. The molecule has 0 heterocycles. The average molecular weight is 378 g/mol. The van der Waals surface area contributed by atoms with Crippen molar-refractivity contribution in [2.75, 3.05) is 0 Å². The van der Waals surface area contributed by atoms with Gasteiger partial charge in [-0.25, -0.2) is 4.79 Å². The maximum absolute atomic E-state index is 11.9. The first-order valence-corrected chi connectivity index (χ1v) is 8.91. The number of hydrogen-bond acceptors (Lipinski definition) is 4. The van der Waals surface area contributed by atoms with Crippen molar-refractivity contribution >= 4 is 5.97 Å². The van der Waals surface area contributed by atoms with Crippen LogP contribution in [0.25, 0.3) is 0 Å².